The lowest BCUT2D eigenvalue weighted by molar-refractivity contribution is -0.136. The summed E-state index contributed by atoms with van der Waals surface area (Å²) in [5, 5.41) is 0. The van der Waals surface area contributed by atoms with Crippen LogP contribution in [0, 0.1) is 0 Å². The van der Waals surface area contributed by atoms with E-state index in [9.17, 15) is 9.59 Å². The average molecular weight is 353 g/mol. The lowest BCUT2D eigenvalue weighted by Gasteiger charge is -2.40. The highest BCUT2D eigenvalue weighted by Gasteiger charge is 2.53. The zero-order chi connectivity index (χ0) is 18.4. The third kappa shape index (κ3) is 2.38. The summed E-state index contributed by atoms with van der Waals surface area (Å²) in [5.41, 5.74) is 2.21. The quantitative estimate of drug-likeness (QED) is 0.831. The first-order chi connectivity index (χ1) is 12.5. The van der Waals surface area contributed by atoms with E-state index in [-0.39, 0.29) is 11.9 Å². The molecule has 4 rings (SSSR count). The second-order valence-electron chi connectivity index (χ2n) is 6.92. The highest BCUT2D eigenvalue weighted by Crippen LogP contribution is 2.34. The molecule has 3 heterocycles. The number of urea groups is 1. The highest BCUT2D eigenvalue weighted by atomic mass is 16.2. The Balaban J connectivity index is 1.64. The molecule has 0 aliphatic carbocycles. The number of allylic oxidation sites excluding steroid dienone is 1. The van der Waals surface area contributed by atoms with Crippen molar-refractivity contribution in [2.45, 2.75) is 39.0 Å². The van der Waals surface area contributed by atoms with Crippen molar-refractivity contribution in [2.24, 2.45) is 4.99 Å². The van der Waals surface area contributed by atoms with E-state index >= 15 is 0 Å². The van der Waals surface area contributed by atoms with Crippen molar-refractivity contribution in [1.82, 2.24) is 19.6 Å². The number of nitrogens with zero attached hydrogens (tertiary/aromatic N) is 5. The first kappa shape index (κ1) is 16.6. The Kier molecular flexibility index (Phi) is 3.94. The van der Waals surface area contributed by atoms with Crippen LogP contribution in [0.15, 0.2) is 47.2 Å². The molecule has 1 aromatic carbocycles. The molecule has 0 aromatic heterocycles. The molecule has 7 nitrogen and oxygen atoms in total. The molecule has 3 aliphatic rings. The number of guanidine groups is 1. The maximum Gasteiger partial charge on any atom is 0.328 e. The van der Waals surface area contributed by atoms with Gasteiger partial charge >= 0.3 is 6.03 Å². The van der Waals surface area contributed by atoms with Crippen molar-refractivity contribution >= 4 is 17.9 Å². The van der Waals surface area contributed by atoms with Gasteiger partial charge < -0.3 is 14.7 Å². The third-order valence-corrected chi connectivity index (χ3v) is 5.13. The monoisotopic (exact) mass is 353 g/mol. The van der Waals surface area contributed by atoms with E-state index in [1.807, 2.05) is 43.1 Å². The Labute approximate surface area is 153 Å². The largest absolute Gasteiger partial charge is 0.328 e. The number of benzene rings is 1. The number of rotatable bonds is 4. The van der Waals surface area contributed by atoms with Crippen LogP contribution in [-0.4, -0.2) is 63.3 Å². The number of fused-ring (bicyclic) bond motifs is 3. The average Bonchev–Trinajstić information content (AvgIpc) is 3.14. The van der Waals surface area contributed by atoms with Crippen LogP contribution in [0.1, 0.15) is 25.8 Å². The fourth-order valence-corrected chi connectivity index (χ4v) is 3.79. The first-order valence-electron chi connectivity index (χ1n) is 8.97. The van der Waals surface area contributed by atoms with E-state index in [4.69, 9.17) is 4.99 Å². The van der Waals surface area contributed by atoms with E-state index in [0.717, 1.165) is 18.1 Å². The van der Waals surface area contributed by atoms with Gasteiger partial charge in [0.05, 0.1) is 6.54 Å². The number of imide groups is 1. The number of carbonyl (C=O) groups excluding carboxylic acids is 2. The van der Waals surface area contributed by atoms with Crippen LogP contribution in [0.2, 0.25) is 0 Å². The van der Waals surface area contributed by atoms with E-state index in [1.54, 1.807) is 11.9 Å². The number of amides is 3. The minimum Gasteiger partial charge on any atom is -0.310 e. The second kappa shape index (κ2) is 6.16. The SMILES string of the molecule is CCCN1C(=O)C2C(N=C3N(Cc4ccccc4)C(C)=CN32)N(C)C1=O. The van der Waals surface area contributed by atoms with Crippen molar-refractivity contribution < 1.29 is 9.59 Å². The minimum atomic E-state index is -0.477. The Morgan fingerprint density at radius 3 is 2.54 bits per heavy atom. The van der Waals surface area contributed by atoms with E-state index < -0.39 is 12.2 Å². The predicted molar refractivity (Wildman–Crippen MR) is 97.8 cm³/mol. The van der Waals surface area contributed by atoms with Crippen LogP contribution < -0.4 is 0 Å². The highest BCUT2D eigenvalue weighted by molar-refractivity contribution is 6.04. The van der Waals surface area contributed by atoms with Gasteiger partial charge in [0, 0.05) is 25.5 Å². The minimum absolute atomic E-state index is 0.163. The molecule has 1 fully saturated rings. The summed E-state index contributed by atoms with van der Waals surface area (Å²) in [6, 6.07) is 9.42. The van der Waals surface area contributed by atoms with Gasteiger partial charge in [-0.15, -0.1) is 0 Å². The fourth-order valence-electron chi connectivity index (χ4n) is 3.79. The van der Waals surface area contributed by atoms with Gasteiger partial charge in [-0.1, -0.05) is 37.3 Å². The van der Waals surface area contributed by atoms with Crippen molar-refractivity contribution in [3.63, 3.8) is 0 Å². The predicted octanol–water partition coefficient (Wildman–Crippen LogP) is 2.03. The van der Waals surface area contributed by atoms with Gasteiger partial charge in [0.15, 0.2) is 12.2 Å². The van der Waals surface area contributed by atoms with Gasteiger partial charge in [-0.25, -0.2) is 9.79 Å². The van der Waals surface area contributed by atoms with Gasteiger partial charge in [-0.3, -0.25) is 9.69 Å². The molecule has 0 bridgehead atoms. The molecular formula is C19H23N5O2. The molecular weight excluding hydrogens is 330 g/mol. The molecule has 136 valence electrons. The lowest BCUT2D eigenvalue weighted by Crippen LogP contribution is -2.64. The van der Waals surface area contributed by atoms with E-state index in [1.165, 1.54) is 10.5 Å². The number of aliphatic imine (C=N–C) groups is 1. The van der Waals surface area contributed by atoms with Gasteiger partial charge in [0.25, 0.3) is 5.91 Å². The second-order valence-corrected chi connectivity index (χ2v) is 6.92. The molecule has 2 atom stereocenters. The standard InChI is InChI=1S/C19H23N5O2/c1-4-10-22-17(25)15-16(21(3)19(22)26)20-18-23(13(2)11-24(15)18)12-14-8-6-5-7-9-14/h5-9,11,15-16H,4,10,12H2,1-3H3. The molecule has 26 heavy (non-hydrogen) atoms. The van der Waals surface area contributed by atoms with Crippen LogP contribution in [0.25, 0.3) is 0 Å². The lowest BCUT2D eigenvalue weighted by atomic mass is 10.1. The summed E-state index contributed by atoms with van der Waals surface area (Å²) in [5.74, 6) is 0.581. The smallest absolute Gasteiger partial charge is 0.310 e. The van der Waals surface area contributed by atoms with Gasteiger partial charge in [-0.05, 0) is 18.9 Å². The topological polar surface area (TPSA) is 59.5 Å². The van der Waals surface area contributed by atoms with Gasteiger partial charge in [0.2, 0.25) is 5.96 Å². The van der Waals surface area contributed by atoms with Crippen molar-refractivity contribution in [3.8, 4) is 0 Å². The van der Waals surface area contributed by atoms with Crippen LogP contribution in [0.3, 0.4) is 0 Å². The molecule has 0 N–H and O–H groups in total. The summed E-state index contributed by atoms with van der Waals surface area (Å²) >= 11 is 0. The maximum absolute atomic E-state index is 13.0. The normalized spacial score (nSPS) is 24.7. The Morgan fingerprint density at radius 2 is 1.85 bits per heavy atom. The molecule has 1 saturated heterocycles. The number of hydrogen-bond donors (Lipinski definition) is 0. The Bertz CT molecular complexity index is 803. The number of hydrogen-bond acceptors (Lipinski definition) is 5. The van der Waals surface area contributed by atoms with Crippen LogP contribution in [0.5, 0.6) is 0 Å². The summed E-state index contributed by atoms with van der Waals surface area (Å²) in [6.07, 6.45) is 2.24. The van der Waals surface area contributed by atoms with Gasteiger partial charge in [-0.2, -0.15) is 0 Å². The molecule has 2 unspecified atom stereocenters. The molecule has 0 spiro atoms. The third-order valence-electron chi connectivity index (χ3n) is 5.13. The molecule has 3 amide bonds. The van der Waals surface area contributed by atoms with Crippen LogP contribution in [-0.2, 0) is 11.3 Å². The summed E-state index contributed by atoms with van der Waals surface area (Å²) in [7, 11) is 1.72. The molecule has 0 radical (unpaired) electrons. The Hall–Kier alpha value is -2.83. The number of carbonyl (C=O) groups is 2. The fraction of sp³-hybridized carbons (Fsp3) is 0.421. The zero-order valence-corrected chi connectivity index (χ0v) is 15.3. The summed E-state index contributed by atoms with van der Waals surface area (Å²) in [6.45, 7) is 5.10. The molecule has 1 aromatic rings. The van der Waals surface area contributed by atoms with E-state index in [0.29, 0.717) is 13.1 Å². The molecule has 7 heteroatoms. The van der Waals surface area contributed by atoms with Crippen LogP contribution in [0.4, 0.5) is 4.79 Å². The molecule has 0 saturated carbocycles. The van der Waals surface area contributed by atoms with Crippen molar-refractivity contribution in [2.75, 3.05) is 13.6 Å². The van der Waals surface area contributed by atoms with Crippen LogP contribution >= 0.6 is 0 Å². The van der Waals surface area contributed by atoms with Crippen molar-refractivity contribution in [1.29, 1.82) is 0 Å². The Morgan fingerprint density at radius 1 is 1.12 bits per heavy atom. The van der Waals surface area contributed by atoms with Gasteiger partial charge in [0.1, 0.15) is 0 Å². The molecule has 3 aliphatic heterocycles. The summed E-state index contributed by atoms with van der Waals surface area (Å²) in [4.78, 5) is 37.2. The first-order valence-corrected chi connectivity index (χ1v) is 8.97. The zero-order valence-electron chi connectivity index (χ0n) is 15.3. The van der Waals surface area contributed by atoms with E-state index in [2.05, 4.69) is 17.0 Å². The maximum atomic E-state index is 13.0. The summed E-state index contributed by atoms with van der Waals surface area (Å²) < 4.78 is 0. The number of likely N-dealkylation sites (N-methyl/N-ethyl adjacent to an activating group) is 1. The van der Waals surface area contributed by atoms with Crippen molar-refractivity contribution in [3.05, 3.63) is 47.8 Å².